The lowest BCUT2D eigenvalue weighted by Crippen LogP contribution is -2.38. The van der Waals surface area contributed by atoms with Crippen LogP contribution in [0.2, 0.25) is 0 Å². The van der Waals surface area contributed by atoms with Crippen LogP contribution in [-0.2, 0) is 17.6 Å². The largest absolute Gasteiger partial charge is 0.299 e. The lowest BCUT2D eigenvalue weighted by Gasteiger charge is -2.25. The number of hydrogen-bond donors (Lipinski definition) is 0. The van der Waals surface area contributed by atoms with E-state index < -0.39 is 5.41 Å². The van der Waals surface area contributed by atoms with Crippen molar-refractivity contribution in [2.75, 3.05) is 0 Å². The fraction of sp³-hybridized carbons (Fsp3) is 0.222. The molecule has 2 aromatic carbocycles. The molecule has 3 heteroatoms. The van der Waals surface area contributed by atoms with Crippen molar-refractivity contribution < 1.29 is 9.59 Å². The van der Waals surface area contributed by atoms with Crippen molar-refractivity contribution in [2.45, 2.75) is 19.8 Å². The first-order valence-corrected chi connectivity index (χ1v) is 7.71. The van der Waals surface area contributed by atoms with Gasteiger partial charge < -0.3 is 0 Å². The second-order valence-corrected chi connectivity index (χ2v) is 6.42. The summed E-state index contributed by atoms with van der Waals surface area (Å²) in [4.78, 5) is 25.2. The van der Waals surface area contributed by atoms with Gasteiger partial charge in [-0.05, 0) is 37.0 Å². The third-order valence-electron chi connectivity index (χ3n) is 4.31. The van der Waals surface area contributed by atoms with Crippen LogP contribution in [0.3, 0.4) is 0 Å². The molecule has 1 aliphatic carbocycles. The van der Waals surface area contributed by atoms with Gasteiger partial charge in [0.25, 0.3) is 0 Å². The third-order valence-corrected chi connectivity index (χ3v) is 5.09. The summed E-state index contributed by atoms with van der Waals surface area (Å²) in [6.45, 7) is 1.53. The molecular formula is C18H15BrO2. The fourth-order valence-electron chi connectivity index (χ4n) is 3.08. The second-order valence-electron chi connectivity index (χ2n) is 5.57. The van der Waals surface area contributed by atoms with Crippen molar-refractivity contribution in [3.05, 3.63) is 69.7 Å². The van der Waals surface area contributed by atoms with Gasteiger partial charge in [0.1, 0.15) is 5.78 Å². The van der Waals surface area contributed by atoms with Crippen LogP contribution in [0.1, 0.15) is 28.4 Å². The molecule has 2 nitrogen and oxygen atoms in total. The molecule has 106 valence electrons. The summed E-state index contributed by atoms with van der Waals surface area (Å²) in [6.07, 6.45) is 0.940. The van der Waals surface area contributed by atoms with Gasteiger partial charge in [-0.1, -0.05) is 58.4 Å². The lowest BCUT2D eigenvalue weighted by atomic mass is 9.75. The maximum Gasteiger partial charge on any atom is 0.177 e. The summed E-state index contributed by atoms with van der Waals surface area (Å²) >= 11 is 3.51. The lowest BCUT2D eigenvalue weighted by molar-refractivity contribution is -0.123. The van der Waals surface area contributed by atoms with Gasteiger partial charge in [0.05, 0.1) is 5.41 Å². The van der Waals surface area contributed by atoms with Crippen molar-refractivity contribution in [1.29, 1.82) is 0 Å². The molecule has 0 radical (unpaired) electrons. The van der Waals surface area contributed by atoms with E-state index in [9.17, 15) is 9.59 Å². The van der Waals surface area contributed by atoms with E-state index >= 15 is 0 Å². The highest BCUT2D eigenvalue weighted by atomic mass is 79.9. The van der Waals surface area contributed by atoms with E-state index in [2.05, 4.69) is 15.9 Å². The highest BCUT2D eigenvalue weighted by molar-refractivity contribution is 9.10. The number of benzene rings is 2. The van der Waals surface area contributed by atoms with Crippen molar-refractivity contribution >= 4 is 27.5 Å². The van der Waals surface area contributed by atoms with E-state index in [4.69, 9.17) is 0 Å². The Bertz CT molecular complexity index is 736. The van der Waals surface area contributed by atoms with Crippen molar-refractivity contribution in [1.82, 2.24) is 0 Å². The Kier molecular flexibility index (Phi) is 3.54. The Hall–Kier alpha value is -1.74. The molecule has 1 aliphatic rings. The second kappa shape index (κ2) is 5.23. The van der Waals surface area contributed by atoms with Gasteiger partial charge >= 0.3 is 0 Å². The molecule has 0 amide bonds. The van der Waals surface area contributed by atoms with Crippen molar-refractivity contribution in [3.63, 3.8) is 0 Å². The smallest absolute Gasteiger partial charge is 0.177 e. The van der Waals surface area contributed by atoms with Gasteiger partial charge in [-0.15, -0.1) is 0 Å². The van der Waals surface area contributed by atoms with Gasteiger partial charge in [0.2, 0.25) is 0 Å². The highest BCUT2D eigenvalue weighted by Gasteiger charge is 2.49. The van der Waals surface area contributed by atoms with E-state index in [1.807, 2.05) is 48.5 Å². The van der Waals surface area contributed by atoms with E-state index in [1.165, 1.54) is 6.92 Å². The Morgan fingerprint density at radius 1 is 1.14 bits per heavy atom. The number of hydrogen-bond acceptors (Lipinski definition) is 2. The summed E-state index contributed by atoms with van der Waals surface area (Å²) in [5, 5.41) is 0. The summed E-state index contributed by atoms with van der Waals surface area (Å²) in [5.74, 6) is -0.0965. The van der Waals surface area contributed by atoms with Gasteiger partial charge in [-0.2, -0.15) is 0 Å². The predicted octanol–water partition coefficient (Wildman–Crippen LogP) is 4.01. The minimum Gasteiger partial charge on any atom is -0.299 e. The van der Waals surface area contributed by atoms with E-state index in [0.717, 1.165) is 15.6 Å². The molecule has 21 heavy (non-hydrogen) atoms. The number of carbonyl (C=O) groups excluding carboxylic acids is 2. The number of rotatable bonds is 3. The number of fused-ring (bicyclic) bond motifs is 1. The molecule has 0 fully saturated rings. The van der Waals surface area contributed by atoms with Gasteiger partial charge in [0, 0.05) is 10.0 Å². The highest BCUT2D eigenvalue weighted by Crippen LogP contribution is 2.41. The van der Waals surface area contributed by atoms with Crippen LogP contribution < -0.4 is 0 Å². The van der Waals surface area contributed by atoms with Crippen LogP contribution >= 0.6 is 15.9 Å². The van der Waals surface area contributed by atoms with Crippen LogP contribution in [0, 0.1) is 5.41 Å². The van der Waals surface area contributed by atoms with Crippen LogP contribution in [0.5, 0.6) is 0 Å². The van der Waals surface area contributed by atoms with Crippen LogP contribution in [0.15, 0.2) is 53.0 Å². The average molecular weight is 343 g/mol. The van der Waals surface area contributed by atoms with Crippen molar-refractivity contribution in [3.8, 4) is 0 Å². The number of Topliss-reactive ketones (excluding diaryl/α,β-unsaturated/α-hetero) is 2. The Labute approximate surface area is 132 Å². The molecule has 0 heterocycles. The van der Waals surface area contributed by atoms with E-state index in [-0.39, 0.29) is 11.6 Å². The molecule has 0 spiro atoms. The normalized spacial score (nSPS) is 20.4. The zero-order valence-corrected chi connectivity index (χ0v) is 13.3. The summed E-state index contributed by atoms with van der Waals surface area (Å²) in [6, 6.07) is 15.3. The topological polar surface area (TPSA) is 34.1 Å². The quantitative estimate of drug-likeness (QED) is 0.790. The SMILES string of the molecule is CC(=O)C1(Cc2ccccc2Br)Cc2ccccc2C1=O. The Morgan fingerprint density at radius 2 is 1.81 bits per heavy atom. The average Bonchev–Trinajstić information content (AvgIpc) is 2.76. The molecule has 2 aromatic rings. The van der Waals surface area contributed by atoms with Crippen LogP contribution in [0.25, 0.3) is 0 Å². The number of carbonyl (C=O) groups is 2. The zero-order valence-electron chi connectivity index (χ0n) is 11.7. The van der Waals surface area contributed by atoms with Crippen molar-refractivity contribution in [2.24, 2.45) is 5.41 Å². The maximum absolute atomic E-state index is 12.8. The van der Waals surface area contributed by atoms with Crippen LogP contribution in [0.4, 0.5) is 0 Å². The van der Waals surface area contributed by atoms with E-state index in [0.29, 0.717) is 18.4 Å². The number of ketones is 2. The van der Waals surface area contributed by atoms with Crippen LogP contribution in [-0.4, -0.2) is 11.6 Å². The number of halogens is 1. The monoisotopic (exact) mass is 342 g/mol. The molecule has 0 aliphatic heterocycles. The minimum atomic E-state index is -0.951. The molecule has 0 aromatic heterocycles. The summed E-state index contributed by atoms with van der Waals surface area (Å²) in [7, 11) is 0. The maximum atomic E-state index is 12.8. The fourth-order valence-corrected chi connectivity index (χ4v) is 3.50. The standard InChI is InChI=1S/C18H15BrO2/c1-12(20)18(11-14-7-3-5-9-16(14)19)10-13-6-2-4-8-15(13)17(18)21/h2-9H,10-11H2,1H3. The predicted molar refractivity (Wildman–Crippen MR) is 85.4 cm³/mol. The minimum absolute atomic E-state index is 0.0404. The molecule has 1 unspecified atom stereocenters. The summed E-state index contributed by atoms with van der Waals surface area (Å²) in [5.41, 5.74) is 1.71. The molecule has 1 atom stereocenters. The molecule has 3 rings (SSSR count). The summed E-state index contributed by atoms with van der Waals surface area (Å²) < 4.78 is 0.939. The van der Waals surface area contributed by atoms with Gasteiger partial charge in [-0.25, -0.2) is 0 Å². The molecular weight excluding hydrogens is 328 g/mol. The molecule has 0 N–H and O–H groups in total. The molecule has 0 saturated heterocycles. The first kappa shape index (κ1) is 14.2. The Balaban J connectivity index is 2.06. The van der Waals surface area contributed by atoms with E-state index in [1.54, 1.807) is 0 Å². The van der Waals surface area contributed by atoms with Gasteiger partial charge in [-0.3, -0.25) is 9.59 Å². The first-order chi connectivity index (χ1) is 10.0. The first-order valence-electron chi connectivity index (χ1n) is 6.92. The third kappa shape index (κ3) is 2.26. The zero-order chi connectivity index (χ0) is 15.0. The molecule has 0 saturated carbocycles. The molecule has 0 bridgehead atoms. The Morgan fingerprint density at radius 3 is 2.48 bits per heavy atom. The van der Waals surface area contributed by atoms with Gasteiger partial charge in [0.15, 0.2) is 5.78 Å².